The summed E-state index contributed by atoms with van der Waals surface area (Å²) in [6, 6.07) is 0. The van der Waals surface area contributed by atoms with E-state index in [2.05, 4.69) is 16.4 Å². The van der Waals surface area contributed by atoms with Gasteiger partial charge in [0, 0.05) is 12.8 Å². The van der Waals surface area contributed by atoms with Crippen molar-refractivity contribution in [3.63, 3.8) is 0 Å². The highest BCUT2D eigenvalue weighted by atomic mass is 15.3. The molecule has 0 radical (unpaired) electrons. The predicted molar refractivity (Wildman–Crippen MR) is 138 cm³/mol. The molecule has 2 aliphatic heterocycles. The molecule has 0 amide bonds. The normalized spacial score (nSPS) is 17.1. The number of nitrogens with zero attached hydrogens (tertiary/aromatic N) is 2. The first-order valence-electron chi connectivity index (χ1n) is 14.8. The van der Waals surface area contributed by atoms with Gasteiger partial charge >= 0.3 is 0 Å². The van der Waals surface area contributed by atoms with Crippen LogP contribution in [0, 0.1) is 0 Å². The molecule has 0 aliphatic carbocycles. The van der Waals surface area contributed by atoms with Gasteiger partial charge in [-0.25, -0.2) is 0 Å². The van der Waals surface area contributed by atoms with Crippen LogP contribution in [0.15, 0.2) is 0 Å². The largest absolute Gasteiger partial charge is 0.266 e. The fourth-order valence-electron chi connectivity index (χ4n) is 5.68. The van der Waals surface area contributed by atoms with Gasteiger partial charge in [-0.3, -0.25) is 9.48 Å². The summed E-state index contributed by atoms with van der Waals surface area (Å²) in [5.41, 5.74) is 0. The van der Waals surface area contributed by atoms with Crippen molar-refractivity contribution in [1.29, 1.82) is 0 Å². The van der Waals surface area contributed by atoms with Crippen molar-refractivity contribution in [3.8, 4) is 0 Å². The molecule has 0 aromatic rings. The topological polar surface area (TPSA) is 6.25 Å². The van der Waals surface area contributed by atoms with Crippen LogP contribution in [0.1, 0.15) is 155 Å². The molecule has 0 fully saturated rings. The lowest BCUT2D eigenvalue weighted by atomic mass is 10.0. The van der Waals surface area contributed by atoms with Crippen molar-refractivity contribution in [2.75, 3.05) is 26.2 Å². The maximum Gasteiger partial charge on any atom is 0.246 e. The van der Waals surface area contributed by atoms with E-state index in [1.54, 1.807) is 5.84 Å². The lowest BCUT2D eigenvalue weighted by molar-refractivity contribution is -0.539. The summed E-state index contributed by atoms with van der Waals surface area (Å²) in [6.45, 7) is 7.60. The van der Waals surface area contributed by atoms with E-state index in [0.717, 1.165) is 0 Å². The van der Waals surface area contributed by atoms with Crippen LogP contribution in [0.4, 0.5) is 0 Å². The third-order valence-corrected chi connectivity index (χ3v) is 7.70. The molecule has 0 unspecified atom stereocenters. The van der Waals surface area contributed by atoms with Crippen molar-refractivity contribution in [1.82, 2.24) is 4.90 Å². The zero-order valence-corrected chi connectivity index (χ0v) is 21.5. The Bertz CT molecular complexity index is 442. The molecule has 0 aromatic heterocycles. The molecule has 2 rings (SSSR count). The first kappa shape index (κ1) is 26.7. The second kappa shape index (κ2) is 19.0. The van der Waals surface area contributed by atoms with Crippen molar-refractivity contribution < 1.29 is 4.58 Å². The SMILES string of the molecule is CCCCCCCCCCCCCCCCCCCCN1CCC[N+]2=C1CCCCC2. The van der Waals surface area contributed by atoms with E-state index in [0.29, 0.717) is 0 Å². The highest BCUT2D eigenvalue weighted by molar-refractivity contribution is 5.77. The molecule has 2 heteroatoms. The van der Waals surface area contributed by atoms with E-state index in [9.17, 15) is 0 Å². The van der Waals surface area contributed by atoms with Gasteiger partial charge in [-0.2, -0.15) is 0 Å². The van der Waals surface area contributed by atoms with Crippen molar-refractivity contribution in [2.24, 2.45) is 0 Å². The van der Waals surface area contributed by atoms with Crippen molar-refractivity contribution in [2.45, 2.75) is 155 Å². The summed E-state index contributed by atoms with van der Waals surface area (Å²) in [5.74, 6) is 1.70. The van der Waals surface area contributed by atoms with Crippen LogP contribution in [0.5, 0.6) is 0 Å². The molecule has 0 N–H and O–H groups in total. The minimum atomic E-state index is 1.32. The Labute approximate surface area is 196 Å². The summed E-state index contributed by atoms with van der Waals surface area (Å²) in [6.07, 6.45) is 33.4. The Morgan fingerprint density at radius 3 is 1.58 bits per heavy atom. The molecule has 0 saturated carbocycles. The first-order valence-corrected chi connectivity index (χ1v) is 14.8. The van der Waals surface area contributed by atoms with Gasteiger partial charge < -0.3 is 0 Å². The van der Waals surface area contributed by atoms with E-state index in [1.165, 1.54) is 174 Å². The highest BCUT2D eigenvalue weighted by Gasteiger charge is 2.27. The second-order valence-corrected chi connectivity index (χ2v) is 10.6. The third kappa shape index (κ3) is 12.9. The number of unbranched alkanes of at least 4 members (excludes halogenated alkanes) is 17. The Morgan fingerprint density at radius 2 is 1.03 bits per heavy atom. The zero-order valence-electron chi connectivity index (χ0n) is 21.5. The van der Waals surface area contributed by atoms with Crippen LogP contribution in [-0.4, -0.2) is 41.5 Å². The zero-order chi connectivity index (χ0) is 21.8. The van der Waals surface area contributed by atoms with Crippen LogP contribution >= 0.6 is 0 Å². The van der Waals surface area contributed by atoms with Crippen LogP contribution in [0.2, 0.25) is 0 Å². The van der Waals surface area contributed by atoms with Gasteiger partial charge in [0.05, 0.1) is 26.2 Å². The predicted octanol–water partition coefficient (Wildman–Crippen LogP) is 8.72. The van der Waals surface area contributed by atoms with E-state index >= 15 is 0 Å². The van der Waals surface area contributed by atoms with Gasteiger partial charge in [0.1, 0.15) is 0 Å². The summed E-state index contributed by atoms with van der Waals surface area (Å²) in [4.78, 5) is 2.75. The first-order chi connectivity index (χ1) is 15.4. The molecule has 0 bridgehead atoms. The maximum atomic E-state index is 2.75. The Balaban J connectivity index is 1.31. The van der Waals surface area contributed by atoms with E-state index in [4.69, 9.17) is 0 Å². The summed E-state index contributed by atoms with van der Waals surface area (Å²) in [7, 11) is 0. The Hall–Kier alpha value is -0.530. The van der Waals surface area contributed by atoms with Crippen molar-refractivity contribution in [3.05, 3.63) is 0 Å². The van der Waals surface area contributed by atoms with Gasteiger partial charge in [0.25, 0.3) is 0 Å². The van der Waals surface area contributed by atoms with Crippen LogP contribution in [0.25, 0.3) is 0 Å². The molecule has 2 nitrogen and oxygen atoms in total. The van der Waals surface area contributed by atoms with Crippen LogP contribution in [0.3, 0.4) is 0 Å². The number of hydrogen-bond acceptors (Lipinski definition) is 1. The van der Waals surface area contributed by atoms with Gasteiger partial charge in [-0.15, -0.1) is 0 Å². The quantitative estimate of drug-likeness (QED) is 0.146. The summed E-state index contributed by atoms with van der Waals surface area (Å²) in [5, 5.41) is 0. The van der Waals surface area contributed by atoms with E-state index < -0.39 is 0 Å². The highest BCUT2D eigenvalue weighted by Crippen LogP contribution is 2.17. The fourth-order valence-corrected chi connectivity index (χ4v) is 5.68. The summed E-state index contributed by atoms with van der Waals surface area (Å²) >= 11 is 0. The molecule has 0 atom stereocenters. The number of hydrogen-bond donors (Lipinski definition) is 0. The fraction of sp³-hybridized carbons (Fsp3) is 0.966. The monoisotopic (exact) mass is 433 g/mol. The van der Waals surface area contributed by atoms with Gasteiger partial charge in [-0.1, -0.05) is 110 Å². The third-order valence-electron chi connectivity index (χ3n) is 7.70. The standard InChI is InChI=1S/C29H57N2/c1-2-3-4-5-6-7-8-9-10-11-12-13-14-15-16-17-18-21-25-30-27-23-28-31-26-22-19-20-24-29(30)31/h2-28H2,1H3/q+1. The minimum Gasteiger partial charge on any atom is -0.266 e. The summed E-state index contributed by atoms with van der Waals surface area (Å²) < 4.78 is 2.71. The number of rotatable bonds is 19. The Morgan fingerprint density at radius 1 is 0.548 bits per heavy atom. The number of amidine groups is 1. The molecular weight excluding hydrogens is 376 g/mol. The average Bonchev–Trinajstić information content (AvgIpc) is 3.04. The molecule has 182 valence electrons. The van der Waals surface area contributed by atoms with Gasteiger partial charge in [0.15, 0.2) is 0 Å². The molecule has 0 saturated heterocycles. The molecule has 0 spiro atoms. The lowest BCUT2D eigenvalue weighted by Crippen LogP contribution is -2.44. The molecule has 2 aliphatic rings. The van der Waals surface area contributed by atoms with E-state index in [1.807, 2.05) is 0 Å². The van der Waals surface area contributed by atoms with E-state index in [-0.39, 0.29) is 0 Å². The molecule has 31 heavy (non-hydrogen) atoms. The Kier molecular flexibility index (Phi) is 16.4. The van der Waals surface area contributed by atoms with Crippen molar-refractivity contribution >= 4 is 5.84 Å². The van der Waals surface area contributed by atoms with Crippen LogP contribution in [-0.2, 0) is 0 Å². The smallest absolute Gasteiger partial charge is 0.246 e. The minimum absolute atomic E-state index is 1.32. The van der Waals surface area contributed by atoms with Gasteiger partial charge in [-0.05, 0) is 32.1 Å². The molecular formula is C29H57N2+. The lowest BCUT2D eigenvalue weighted by Gasteiger charge is -2.26. The van der Waals surface area contributed by atoms with Crippen LogP contribution < -0.4 is 0 Å². The molecule has 0 aromatic carbocycles. The van der Waals surface area contributed by atoms with Gasteiger partial charge in [0.2, 0.25) is 5.84 Å². The second-order valence-electron chi connectivity index (χ2n) is 10.6. The maximum absolute atomic E-state index is 2.75. The average molecular weight is 434 g/mol. The molecule has 2 heterocycles.